The lowest BCUT2D eigenvalue weighted by molar-refractivity contribution is -0.161. The van der Waals surface area contributed by atoms with Crippen molar-refractivity contribution in [3.8, 4) is 0 Å². The highest BCUT2D eigenvalue weighted by atomic mass is 16.4. The van der Waals surface area contributed by atoms with Gasteiger partial charge >= 0.3 is 11.9 Å². The third-order valence-electron chi connectivity index (χ3n) is 2.08. The van der Waals surface area contributed by atoms with Gasteiger partial charge in [-0.05, 0) is 20.8 Å². The van der Waals surface area contributed by atoms with E-state index < -0.39 is 23.1 Å². The molecule has 7 nitrogen and oxygen atoms in total. The molecule has 0 heterocycles. The second kappa shape index (κ2) is 4.13. The Labute approximate surface area is 87.4 Å². The molecule has 0 aromatic rings. The molecule has 0 rings (SSSR count). The molecule has 0 aliphatic heterocycles. The summed E-state index contributed by atoms with van der Waals surface area (Å²) in [5.41, 5.74) is 6.60. The summed E-state index contributed by atoms with van der Waals surface area (Å²) in [6, 6.07) is -0.193. The minimum Gasteiger partial charge on any atom is -0.479 e. The second-order valence-electron chi connectivity index (χ2n) is 3.92. The molecule has 88 valence electrons. The van der Waals surface area contributed by atoms with Gasteiger partial charge in [-0.2, -0.15) is 0 Å². The van der Waals surface area contributed by atoms with Gasteiger partial charge in [-0.15, -0.1) is 0 Å². The molecule has 0 aliphatic rings. The van der Waals surface area contributed by atoms with Crippen molar-refractivity contribution in [2.45, 2.75) is 38.0 Å². The smallest absolute Gasteiger partial charge is 0.338 e. The Morgan fingerprint density at radius 2 is 1.53 bits per heavy atom. The van der Waals surface area contributed by atoms with Crippen LogP contribution in [0.2, 0.25) is 0 Å². The quantitative estimate of drug-likeness (QED) is 0.281. The SMILES string of the molecule is CC(C)NC(C)(N)C(N)(C(=O)O)C(=O)O. The Balaban J connectivity index is 5.25. The lowest BCUT2D eigenvalue weighted by Crippen LogP contribution is -2.78. The number of carbonyl (C=O) groups is 2. The molecule has 0 spiro atoms. The molecule has 0 bridgehead atoms. The molecule has 0 fully saturated rings. The predicted octanol–water partition coefficient (Wildman–Crippen LogP) is -1.47. The average molecular weight is 219 g/mol. The number of hydrogen-bond acceptors (Lipinski definition) is 5. The number of rotatable bonds is 5. The van der Waals surface area contributed by atoms with E-state index in [1.165, 1.54) is 6.92 Å². The van der Waals surface area contributed by atoms with Crippen LogP contribution in [0.25, 0.3) is 0 Å². The maximum Gasteiger partial charge on any atom is 0.338 e. The van der Waals surface area contributed by atoms with Crippen molar-refractivity contribution >= 4 is 11.9 Å². The van der Waals surface area contributed by atoms with Gasteiger partial charge in [0.15, 0.2) is 0 Å². The molecule has 0 aliphatic carbocycles. The number of nitrogens with two attached hydrogens (primary N) is 2. The fraction of sp³-hybridized carbons (Fsp3) is 0.750. The van der Waals surface area contributed by atoms with Crippen molar-refractivity contribution < 1.29 is 19.8 Å². The summed E-state index contributed by atoms with van der Waals surface area (Å²) in [6.45, 7) is 4.64. The monoisotopic (exact) mass is 219 g/mol. The highest BCUT2D eigenvalue weighted by molar-refractivity contribution is 6.04. The van der Waals surface area contributed by atoms with Crippen LogP contribution in [0.4, 0.5) is 0 Å². The fourth-order valence-corrected chi connectivity index (χ4v) is 1.25. The van der Waals surface area contributed by atoms with E-state index in [0.29, 0.717) is 0 Å². The van der Waals surface area contributed by atoms with E-state index in [2.05, 4.69) is 5.32 Å². The first kappa shape index (κ1) is 13.8. The number of hydrogen-bond donors (Lipinski definition) is 5. The van der Waals surface area contributed by atoms with Crippen molar-refractivity contribution in [1.29, 1.82) is 0 Å². The van der Waals surface area contributed by atoms with Crippen molar-refractivity contribution in [2.24, 2.45) is 11.5 Å². The summed E-state index contributed by atoms with van der Waals surface area (Å²) in [5.74, 6) is -3.37. The van der Waals surface area contributed by atoms with Crippen LogP contribution in [0.5, 0.6) is 0 Å². The van der Waals surface area contributed by atoms with Crippen LogP contribution in [-0.4, -0.2) is 39.4 Å². The number of nitrogens with one attached hydrogen (secondary N) is 1. The molecule has 7 N–H and O–H groups in total. The Morgan fingerprint density at radius 3 is 1.73 bits per heavy atom. The Bertz CT molecular complexity index is 261. The maximum atomic E-state index is 10.9. The highest BCUT2D eigenvalue weighted by Crippen LogP contribution is 2.16. The van der Waals surface area contributed by atoms with Gasteiger partial charge < -0.3 is 21.7 Å². The lowest BCUT2D eigenvalue weighted by Gasteiger charge is -2.38. The zero-order valence-electron chi connectivity index (χ0n) is 8.94. The summed E-state index contributed by atoms with van der Waals surface area (Å²) in [5, 5.41) is 20.3. The predicted molar refractivity (Wildman–Crippen MR) is 53.1 cm³/mol. The maximum absolute atomic E-state index is 10.9. The molecule has 7 heteroatoms. The van der Waals surface area contributed by atoms with Crippen molar-refractivity contribution in [1.82, 2.24) is 5.32 Å². The van der Waals surface area contributed by atoms with E-state index in [9.17, 15) is 9.59 Å². The van der Waals surface area contributed by atoms with Crippen LogP contribution >= 0.6 is 0 Å². The molecule has 1 unspecified atom stereocenters. The fourth-order valence-electron chi connectivity index (χ4n) is 1.25. The van der Waals surface area contributed by atoms with Gasteiger partial charge in [0.05, 0.1) is 0 Å². The standard InChI is InChI=1S/C8H17N3O4/c1-4(2)11-7(3,9)8(10,5(12)13)6(14)15/h4,11H,9-10H2,1-3H3,(H,12,13)(H,14,15). The van der Waals surface area contributed by atoms with E-state index >= 15 is 0 Å². The number of aliphatic carboxylic acids is 2. The molecular formula is C8H17N3O4. The molecule has 0 aromatic heterocycles. The summed E-state index contributed by atoms with van der Waals surface area (Å²) in [7, 11) is 0. The zero-order valence-corrected chi connectivity index (χ0v) is 8.94. The normalized spacial score (nSPS) is 16.1. The van der Waals surface area contributed by atoms with Gasteiger partial charge in [-0.1, -0.05) is 0 Å². The summed E-state index contributed by atoms with van der Waals surface area (Å²) in [4.78, 5) is 21.7. The van der Waals surface area contributed by atoms with E-state index in [0.717, 1.165) is 0 Å². The van der Waals surface area contributed by atoms with Crippen LogP contribution in [0.3, 0.4) is 0 Å². The average Bonchev–Trinajstić information content (AvgIpc) is 1.98. The molecular weight excluding hydrogens is 202 g/mol. The molecule has 0 aromatic carbocycles. The first-order valence-electron chi connectivity index (χ1n) is 4.38. The van der Waals surface area contributed by atoms with Gasteiger partial charge in [0.25, 0.3) is 0 Å². The number of carboxylic acids is 2. The summed E-state index contributed by atoms with van der Waals surface area (Å²) in [6.07, 6.45) is 0. The van der Waals surface area contributed by atoms with Crippen molar-refractivity contribution in [3.63, 3.8) is 0 Å². The van der Waals surface area contributed by atoms with E-state index in [4.69, 9.17) is 21.7 Å². The largest absolute Gasteiger partial charge is 0.479 e. The molecule has 0 saturated carbocycles. The minimum absolute atomic E-state index is 0.193. The van der Waals surface area contributed by atoms with Crippen LogP contribution < -0.4 is 16.8 Å². The van der Waals surface area contributed by atoms with Crippen molar-refractivity contribution in [2.75, 3.05) is 0 Å². The van der Waals surface area contributed by atoms with Gasteiger partial charge in [0.1, 0.15) is 5.66 Å². The first-order valence-corrected chi connectivity index (χ1v) is 4.38. The van der Waals surface area contributed by atoms with E-state index in [-0.39, 0.29) is 6.04 Å². The lowest BCUT2D eigenvalue weighted by atomic mass is 9.86. The Kier molecular flexibility index (Phi) is 3.81. The van der Waals surface area contributed by atoms with Crippen LogP contribution in [-0.2, 0) is 9.59 Å². The van der Waals surface area contributed by atoms with Gasteiger partial charge in [0.2, 0.25) is 5.54 Å². The van der Waals surface area contributed by atoms with E-state index in [1.54, 1.807) is 13.8 Å². The van der Waals surface area contributed by atoms with Gasteiger partial charge in [-0.3, -0.25) is 5.32 Å². The molecule has 0 amide bonds. The third kappa shape index (κ3) is 2.44. The Morgan fingerprint density at radius 1 is 1.20 bits per heavy atom. The molecule has 0 saturated heterocycles. The highest BCUT2D eigenvalue weighted by Gasteiger charge is 2.56. The third-order valence-corrected chi connectivity index (χ3v) is 2.08. The summed E-state index contributed by atoms with van der Waals surface area (Å²) >= 11 is 0. The second-order valence-corrected chi connectivity index (χ2v) is 3.92. The van der Waals surface area contributed by atoms with Crippen LogP contribution in [0.15, 0.2) is 0 Å². The first-order chi connectivity index (χ1) is 6.55. The zero-order chi connectivity index (χ0) is 12.4. The van der Waals surface area contributed by atoms with E-state index in [1.807, 2.05) is 0 Å². The summed E-state index contributed by atoms with van der Waals surface area (Å²) < 4.78 is 0. The topological polar surface area (TPSA) is 139 Å². The minimum atomic E-state index is -2.57. The van der Waals surface area contributed by atoms with Crippen LogP contribution in [0.1, 0.15) is 20.8 Å². The van der Waals surface area contributed by atoms with Gasteiger partial charge in [0, 0.05) is 6.04 Å². The van der Waals surface area contributed by atoms with Gasteiger partial charge in [-0.25, -0.2) is 9.59 Å². The number of carboxylic acid groups (broad SMARTS) is 2. The van der Waals surface area contributed by atoms with Crippen molar-refractivity contribution in [3.05, 3.63) is 0 Å². The Hall–Kier alpha value is -1.18. The van der Waals surface area contributed by atoms with Crippen LogP contribution in [0, 0.1) is 0 Å². The molecule has 15 heavy (non-hydrogen) atoms. The molecule has 0 radical (unpaired) electrons. The molecule has 1 atom stereocenters.